The Kier molecular flexibility index (Phi) is 4.26. The van der Waals surface area contributed by atoms with Gasteiger partial charge < -0.3 is 9.67 Å². The van der Waals surface area contributed by atoms with Crippen LogP contribution in [0.15, 0.2) is 34.7 Å². The van der Waals surface area contributed by atoms with Gasteiger partial charge in [-0.2, -0.15) is 0 Å². The van der Waals surface area contributed by atoms with E-state index in [4.69, 9.17) is 5.11 Å². The smallest absolute Gasteiger partial charge is 0.308 e. The predicted octanol–water partition coefficient (Wildman–Crippen LogP) is 1.19. The van der Waals surface area contributed by atoms with Crippen molar-refractivity contribution in [2.45, 2.75) is 17.2 Å². The van der Waals surface area contributed by atoms with Gasteiger partial charge in [-0.05, 0) is 24.3 Å². The number of nitrogens with zero attached hydrogens (tertiary/aromatic N) is 1. The molecule has 0 unspecified atom stereocenters. The lowest BCUT2D eigenvalue weighted by Gasteiger charge is -2.05. The normalized spacial score (nSPS) is 11.7. The van der Waals surface area contributed by atoms with E-state index in [0.717, 1.165) is 17.0 Å². The van der Waals surface area contributed by atoms with E-state index in [0.29, 0.717) is 4.88 Å². The Morgan fingerprint density at radius 3 is 2.75 bits per heavy atom. The summed E-state index contributed by atoms with van der Waals surface area (Å²) in [6.07, 6.45) is 1.66. The highest BCUT2D eigenvalue weighted by Crippen LogP contribution is 2.22. The molecule has 0 aliphatic carbocycles. The van der Waals surface area contributed by atoms with Gasteiger partial charge in [0.05, 0.1) is 13.0 Å². The lowest BCUT2D eigenvalue weighted by Crippen LogP contribution is -2.23. The predicted molar refractivity (Wildman–Crippen MR) is 75.1 cm³/mol. The molecule has 6 nitrogen and oxygen atoms in total. The highest BCUT2D eigenvalue weighted by Gasteiger charge is 2.17. The first-order chi connectivity index (χ1) is 9.38. The second kappa shape index (κ2) is 5.78. The summed E-state index contributed by atoms with van der Waals surface area (Å²) in [6, 6.07) is 6.61. The van der Waals surface area contributed by atoms with Crippen molar-refractivity contribution >= 4 is 27.3 Å². The minimum absolute atomic E-state index is 0.128. The Hall–Kier alpha value is -1.64. The van der Waals surface area contributed by atoms with E-state index in [1.54, 1.807) is 0 Å². The summed E-state index contributed by atoms with van der Waals surface area (Å²) in [6.45, 7) is 0.192. The van der Waals surface area contributed by atoms with Crippen LogP contribution in [0.5, 0.6) is 0 Å². The number of aryl methyl sites for hydroxylation is 1. The first kappa shape index (κ1) is 14.8. The summed E-state index contributed by atoms with van der Waals surface area (Å²) in [5.41, 5.74) is 0.843. The molecule has 2 aromatic heterocycles. The number of aliphatic carboxylic acids is 1. The van der Waals surface area contributed by atoms with Gasteiger partial charge in [0.1, 0.15) is 4.21 Å². The van der Waals surface area contributed by atoms with Crippen molar-refractivity contribution in [3.63, 3.8) is 0 Å². The molecule has 2 rings (SSSR count). The third-order valence-corrected chi connectivity index (χ3v) is 5.70. The lowest BCUT2D eigenvalue weighted by atomic mass is 10.3. The quantitative estimate of drug-likeness (QED) is 0.838. The summed E-state index contributed by atoms with van der Waals surface area (Å²) in [5.74, 6) is -0.979. The number of nitrogens with one attached hydrogen (secondary N) is 1. The summed E-state index contributed by atoms with van der Waals surface area (Å²) in [4.78, 5) is 11.1. The number of hydrogen-bond donors (Lipinski definition) is 2. The monoisotopic (exact) mass is 314 g/mol. The number of carbonyl (C=O) groups is 1. The molecular weight excluding hydrogens is 300 g/mol. The molecule has 8 heteroatoms. The van der Waals surface area contributed by atoms with E-state index in [1.165, 1.54) is 12.1 Å². The van der Waals surface area contributed by atoms with Crippen LogP contribution in [0.25, 0.3) is 0 Å². The molecule has 0 atom stereocenters. The molecule has 0 spiro atoms. The molecule has 0 bridgehead atoms. The molecule has 0 saturated carbocycles. The van der Waals surface area contributed by atoms with Gasteiger partial charge in [-0.15, -0.1) is 11.3 Å². The number of rotatable bonds is 6. The maximum Gasteiger partial charge on any atom is 0.308 e. The lowest BCUT2D eigenvalue weighted by molar-refractivity contribution is -0.136. The molecule has 0 amide bonds. The second-order valence-electron chi connectivity index (χ2n) is 4.23. The van der Waals surface area contributed by atoms with Crippen LogP contribution in [-0.4, -0.2) is 24.1 Å². The zero-order chi connectivity index (χ0) is 14.8. The van der Waals surface area contributed by atoms with Crippen LogP contribution in [0.3, 0.4) is 0 Å². The van der Waals surface area contributed by atoms with E-state index in [2.05, 4.69) is 4.72 Å². The third kappa shape index (κ3) is 3.47. The Labute approximate surface area is 120 Å². The second-order valence-corrected chi connectivity index (χ2v) is 7.39. The van der Waals surface area contributed by atoms with Crippen LogP contribution in [-0.2, 0) is 34.8 Å². The van der Waals surface area contributed by atoms with Crippen LogP contribution < -0.4 is 4.72 Å². The number of hydrogen-bond acceptors (Lipinski definition) is 4. The van der Waals surface area contributed by atoms with Crippen molar-refractivity contribution in [3.05, 3.63) is 41.0 Å². The summed E-state index contributed by atoms with van der Waals surface area (Å²) >= 11 is 0.971. The topological polar surface area (TPSA) is 88.4 Å². The average molecular weight is 314 g/mol. The molecule has 0 radical (unpaired) electrons. The van der Waals surface area contributed by atoms with E-state index in [-0.39, 0.29) is 17.2 Å². The molecule has 2 N–H and O–H groups in total. The zero-order valence-electron chi connectivity index (χ0n) is 10.7. The van der Waals surface area contributed by atoms with Crippen molar-refractivity contribution in [1.29, 1.82) is 0 Å². The van der Waals surface area contributed by atoms with Gasteiger partial charge in [0.2, 0.25) is 10.0 Å². The van der Waals surface area contributed by atoms with Crippen molar-refractivity contribution in [1.82, 2.24) is 9.29 Å². The maximum absolute atomic E-state index is 12.1. The highest BCUT2D eigenvalue weighted by molar-refractivity contribution is 7.91. The summed E-state index contributed by atoms with van der Waals surface area (Å²) in [7, 11) is -1.77. The number of thiophene rings is 1. The molecule has 20 heavy (non-hydrogen) atoms. The Balaban J connectivity index is 2.08. The maximum atomic E-state index is 12.1. The first-order valence-electron chi connectivity index (χ1n) is 5.79. The van der Waals surface area contributed by atoms with Crippen LogP contribution in [0.4, 0.5) is 0 Å². The molecule has 2 aromatic rings. The van der Waals surface area contributed by atoms with Crippen molar-refractivity contribution in [3.8, 4) is 0 Å². The van der Waals surface area contributed by atoms with Crippen LogP contribution in [0, 0.1) is 0 Å². The minimum atomic E-state index is -3.61. The fraction of sp³-hybridized carbons (Fsp3) is 0.250. The van der Waals surface area contributed by atoms with Gasteiger partial charge in [0, 0.05) is 23.8 Å². The molecule has 108 valence electrons. The van der Waals surface area contributed by atoms with Crippen LogP contribution in [0.2, 0.25) is 0 Å². The highest BCUT2D eigenvalue weighted by atomic mass is 32.2. The third-order valence-electron chi connectivity index (χ3n) is 2.72. The molecule has 0 aliphatic rings. The number of carboxylic acids is 1. The summed E-state index contributed by atoms with van der Waals surface area (Å²) in [5, 5.41) is 8.68. The van der Waals surface area contributed by atoms with Crippen LogP contribution in [0.1, 0.15) is 10.6 Å². The van der Waals surface area contributed by atoms with Gasteiger partial charge >= 0.3 is 5.97 Å². The average Bonchev–Trinajstić information content (AvgIpc) is 2.95. The Morgan fingerprint density at radius 1 is 1.40 bits per heavy atom. The number of aromatic nitrogens is 1. The molecule has 0 aromatic carbocycles. The molecule has 0 aliphatic heterocycles. The molecule has 0 saturated heterocycles. The van der Waals surface area contributed by atoms with E-state index in [1.807, 2.05) is 29.9 Å². The van der Waals surface area contributed by atoms with E-state index < -0.39 is 16.0 Å². The molecule has 0 fully saturated rings. The summed E-state index contributed by atoms with van der Waals surface area (Å²) < 4.78 is 28.6. The van der Waals surface area contributed by atoms with Gasteiger partial charge in [0.15, 0.2) is 0 Å². The number of carboxylic acid groups (broad SMARTS) is 1. The van der Waals surface area contributed by atoms with Gasteiger partial charge in [-0.3, -0.25) is 4.79 Å². The fourth-order valence-corrected chi connectivity index (χ4v) is 4.06. The minimum Gasteiger partial charge on any atom is -0.481 e. The van der Waals surface area contributed by atoms with E-state index >= 15 is 0 Å². The molecular formula is C12H14N2O4S2. The number of sulfonamides is 1. The van der Waals surface area contributed by atoms with Crippen molar-refractivity contribution in [2.75, 3.05) is 0 Å². The van der Waals surface area contributed by atoms with Gasteiger partial charge in [-0.25, -0.2) is 13.1 Å². The SMILES string of the molecule is Cn1cccc1CNS(=O)(=O)c1ccc(CC(=O)O)s1. The largest absolute Gasteiger partial charge is 0.481 e. The zero-order valence-corrected chi connectivity index (χ0v) is 12.4. The Morgan fingerprint density at radius 2 is 2.15 bits per heavy atom. The van der Waals surface area contributed by atoms with Gasteiger partial charge in [0.25, 0.3) is 0 Å². The fourth-order valence-electron chi connectivity index (χ4n) is 1.67. The van der Waals surface area contributed by atoms with Crippen LogP contribution >= 0.6 is 11.3 Å². The Bertz CT molecular complexity index is 715. The van der Waals surface area contributed by atoms with Crippen molar-refractivity contribution < 1.29 is 18.3 Å². The molecule has 2 heterocycles. The van der Waals surface area contributed by atoms with Crippen molar-refractivity contribution in [2.24, 2.45) is 7.05 Å². The first-order valence-corrected chi connectivity index (χ1v) is 8.09. The van der Waals surface area contributed by atoms with Gasteiger partial charge in [-0.1, -0.05) is 0 Å². The standard InChI is InChI=1S/C12H14N2O4S2/c1-14-6-2-3-9(14)8-13-20(17,18)12-5-4-10(19-12)7-11(15)16/h2-6,13H,7-8H2,1H3,(H,15,16). The van der Waals surface area contributed by atoms with E-state index in [9.17, 15) is 13.2 Å².